The summed E-state index contributed by atoms with van der Waals surface area (Å²) >= 11 is 0. The highest BCUT2D eigenvalue weighted by molar-refractivity contribution is 6.01. The van der Waals surface area contributed by atoms with E-state index in [1.165, 1.54) is 5.56 Å². The number of carbonyl (C=O) groups excluding carboxylic acids is 1. The number of benzene rings is 2. The number of hydrazone groups is 1. The zero-order valence-corrected chi connectivity index (χ0v) is 14.5. The first-order chi connectivity index (χ1) is 11.6. The lowest BCUT2D eigenvalue weighted by Crippen LogP contribution is -2.20. The molecule has 0 aromatic heterocycles. The normalized spacial score (nSPS) is 11.5. The van der Waals surface area contributed by atoms with Crippen molar-refractivity contribution in [2.75, 3.05) is 0 Å². The van der Waals surface area contributed by atoms with Crippen molar-refractivity contribution in [2.24, 2.45) is 11.0 Å². The van der Waals surface area contributed by atoms with Gasteiger partial charge in [0.25, 0.3) is 0 Å². The van der Waals surface area contributed by atoms with Crippen molar-refractivity contribution in [3.8, 4) is 0 Å². The third-order valence-corrected chi connectivity index (χ3v) is 3.74. The summed E-state index contributed by atoms with van der Waals surface area (Å²) in [5, 5.41) is 4.38. The van der Waals surface area contributed by atoms with Crippen LogP contribution in [0, 0.1) is 5.92 Å². The van der Waals surface area contributed by atoms with Crippen LogP contribution >= 0.6 is 0 Å². The maximum atomic E-state index is 12.0. The molecule has 0 bridgehead atoms. The molecule has 0 unspecified atom stereocenters. The van der Waals surface area contributed by atoms with Crippen molar-refractivity contribution >= 4 is 11.6 Å². The van der Waals surface area contributed by atoms with E-state index in [9.17, 15) is 4.79 Å². The second kappa shape index (κ2) is 9.66. The van der Waals surface area contributed by atoms with E-state index in [0.717, 1.165) is 30.5 Å². The van der Waals surface area contributed by atoms with Gasteiger partial charge in [-0.05, 0) is 36.3 Å². The molecule has 0 radical (unpaired) electrons. The molecule has 2 aromatic rings. The minimum Gasteiger partial charge on any atom is -0.273 e. The third-order valence-electron chi connectivity index (χ3n) is 3.74. The van der Waals surface area contributed by atoms with Gasteiger partial charge in [-0.2, -0.15) is 5.10 Å². The van der Waals surface area contributed by atoms with Crippen LogP contribution < -0.4 is 5.43 Å². The van der Waals surface area contributed by atoms with E-state index < -0.39 is 0 Å². The molecule has 0 aliphatic carbocycles. The molecule has 0 aliphatic rings. The molecular weight excluding hydrogens is 296 g/mol. The van der Waals surface area contributed by atoms with Gasteiger partial charge in [0.05, 0.1) is 5.71 Å². The highest BCUT2D eigenvalue weighted by Gasteiger charge is 2.07. The van der Waals surface area contributed by atoms with Gasteiger partial charge in [0.1, 0.15) is 0 Å². The first-order valence-electron chi connectivity index (χ1n) is 8.60. The van der Waals surface area contributed by atoms with Gasteiger partial charge in [-0.15, -0.1) is 0 Å². The largest absolute Gasteiger partial charge is 0.273 e. The average Bonchev–Trinajstić information content (AvgIpc) is 2.60. The van der Waals surface area contributed by atoms with E-state index in [1.807, 2.05) is 48.5 Å². The Balaban J connectivity index is 1.87. The van der Waals surface area contributed by atoms with E-state index in [2.05, 4.69) is 36.5 Å². The Morgan fingerprint density at radius 3 is 2.25 bits per heavy atom. The van der Waals surface area contributed by atoms with Crippen molar-refractivity contribution in [3.05, 3.63) is 71.8 Å². The van der Waals surface area contributed by atoms with Crippen molar-refractivity contribution in [3.63, 3.8) is 0 Å². The quantitative estimate of drug-likeness (QED) is 0.561. The summed E-state index contributed by atoms with van der Waals surface area (Å²) in [6.45, 7) is 4.31. The molecule has 0 saturated heterocycles. The fourth-order valence-electron chi connectivity index (χ4n) is 2.53. The maximum absolute atomic E-state index is 12.0. The molecule has 3 heteroatoms. The SMILES string of the molecule is CC(C)C/C(=N\NC(=O)CCCc1ccccc1)c1ccccc1. The van der Waals surface area contributed by atoms with Crippen molar-refractivity contribution < 1.29 is 4.79 Å². The first-order valence-corrected chi connectivity index (χ1v) is 8.60. The van der Waals surface area contributed by atoms with Gasteiger partial charge >= 0.3 is 0 Å². The van der Waals surface area contributed by atoms with Crippen LogP contribution in [0.2, 0.25) is 0 Å². The second-order valence-electron chi connectivity index (χ2n) is 6.40. The number of hydrogen-bond acceptors (Lipinski definition) is 2. The van der Waals surface area contributed by atoms with Gasteiger partial charge < -0.3 is 0 Å². The third kappa shape index (κ3) is 6.37. The van der Waals surface area contributed by atoms with Crippen LogP contribution in [0.5, 0.6) is 0 Å². The lowest BCUT2D eigenvalue weighted by Gasteiger charge is -2.10. The molecule has 3 nitrogen and oxygen atoms in total. The van der Waals surface area contributed by atoms with Gasteiger partial charge in [0.15, 0.2) is 0 Å². The Bertz CT molecular complexity index is 648. The molecule has 0 aliphatic heterocycles. The fourth-order valence-corrected chi connectivity index (χ4v) is 2.53. The zero-order valence-electron chi connectivity index (χ0n) is 14.5. The van der Waals surface area contributed by atoms with E-state index in [0.29, 0.717) is 12.3 Å². The summed E-state index contributed by atoms with van der Waals surface area (Å²) in [4.78, 5) is 12.0. The molecule has 0 fully saturated rings. The minimum absolute atomic E-state index is 0.0249. The molecule has 0 heterocycles. The number of carbonyl (C=O) groups is 1. The van der Waals surface area contributed by atoms with Crippen molar-refractivity contribution in [1.82, 2.24) is 5.43 Å². The van der Waals surface area contributed by atoms with Crippen molar-refractivity contribution in [1.29, 1.82) is 0 Å². The number of nitrogens with zero attached hydrogens (tertiary/aromatic N) is 1. The Labute approximate surface area is 144 Å². The molecule has 24 heavy (non-hydrogen) atoms. The number of rotatable bonds is 8. The Kier molecular flexibility index (Phi) is 7.21. The highest BCUT2D eigenvalue weighted by atomic mass is 16.2. The standard InChI is InChI=1S/C21H26N2O/c1-17(2)16-20(19-13-7-4-8-14-19)22-23-21(24)15-9-12-18-10-5-3-6-11-18/h3-8,10-11,13-14,17H,9,12,15-16H2,1-2H3,(H,23,24)/b22-20+. The van der Waals surface area contributed by atoms with Crippen LogP contribution in [0.4, 0.5) is 0 Å². The highest BCUT2D eigenvalue weighted by Crippen LogP contribution is 2.10. The van der Waals surface area contributed by atoms with Gasteiger partial charge in [0, 0.05) is 6.42 Å². The number of hydrogen-bond donors (Lipinski definition) is 1. The van der Waals surface area contributed by atoms with Crippen molar-refractivity contribution in [2.45, 2.75) is 39.5 Å². The predicted octanol–water partition coefficient (Wildman–Crippen LogP) is 4.58. The molecule has 1 amide bonds. The van der Waals surface area contributed by atoms with E-state index >= 15 is 0 Å². The summed E-state index contributed by atoms with van der Waals surface area (Å²) in [5.74, 6) is 0.460. The first kappa shape index (κ1) is 17.9. The summed E-state index contributed by atoms with van der Waals surface area (Å²) in [5.41, 5.74) is 5.98. The van der Waals surface area contributed by atoms with Gasteiger partial charge in [0.2, 0.25) is 5.91 Å². The average molecular weight is 322 g/mol. The molecule has 2 aromatic carbocycles. The molecular formula is C21H26N2O. The lowest BCUT2D eigenvalue weighted by molar-refractivity contribution is -0.121. The van der Waals surface area contributed by atoms with E-state index in [-0.39, 0.29) is 5.91 Å². The topological polar surface area (TPSA) is 41.5 Å². The van der Waals surface area contributed by atoms with Crippen LogP contribution in [0.3, 0.4) is 0 Å². The number of amides is 1. The predicted molar refractivity (Wildman–Crippen MR) is 100.0 cm³/mol. The molecule has 2 rings (SSSR count). The molecule has 0 saturated carbocycles. The minimum atomic E-state index is -0.0249. The summed E-state index contributed by atoms with van der Waals surface area (Å²) in [7, 11) is 0. The van der Waals surface area contributed by atoms with Crippen LogP contribution in [0.15, 0.2) is 65.8 Å². The number of nitrogens with one attached hydrogen (secondary N) is 1. The monoisotopic (exact) mass is 322 g/mol. The van der Waals surface area contributed by atoms with Crippen LogP contribution in [0.1, 0.15) is 44.2 Å². The van der Waals surface area contributed by atoms with Gasteiger partial charge in [-0.1, -0.05) is 74.5 Å². The number of aryl methyl sites for hydroxylation is 1. The lowest BCUT2D eigenvalue weighted by atomic mass is 10.0. The second-order valence-corrected chi connectivity index (χ2v) is 6.40. The molecule has 0 spiro atoms. The van der Waals surface area contributed by atoms with Crippen LogP contribution in [0.25, 0.3) is 0 Å². The summed E-state index contributed by atoms with van der Waals surface area (Å²) in [6.07, 6.45) is 3.07. The Morgan fingerprint density at radius 1 is 1.00 bits per heavy atom. The zero-order chi connectivity index (χ0) is 17.2. The van der Waals surface area contributed by atoms with E-state index in [1.54, 1.807) is 0 Å². The Hall–Kier alpha value is -2.42. The fraction of sp³-hybridized carbons (Fsp3) is 0.333. The maximum Gasteiger partial charge on any atom is 0.240 e. The van der Waals surface area contributed by atoms with Gasteiger partial charge in [-0.3, -0.25) is 4.79 Å². The molecule has 126 valence electrons. The summed E-state index contributed by atoms with van der Waals surface area (Å²) in [6, 6.07) is 20.3. The Morgan fingerprint density at radius 2 is 1.62 bits per heavy atom. The molecule has 0 atom stereocenters. The molecule has 1 N–H and O–H groups in total. The van der Waals surface area contributed by atoms with E-state index in [4.69, 9.17) is 0 Å². The van der Waals surface area contributed by atoms with Gasteiger partial charge in [-0.25, -0.2) is 5.43 Å². The summed E-state index contributed by atoms with van der Waals surface area (Å²) < 4.78 is 0. The van der Waals surface area contributed by atoms with Crippen LogP contribution in [-0.4, -0.2) is 11.6 Å². The smallest absolute Gasteiger partial charge is 0.240 e. The van der Waals surface area contributed by atoms with Crippen LogP contribution in [-0.2, 0) is 11.2 Å².